The van der Waals surface area contributed by atoms with E-state index in [4.69, 9.17) is 23.2 Å². The zero-order chi connectivity index (χ0) is 14.0. The lowest BCUT2D eigenvalue weighted by molar-refractivity contribution is 0.0965. The molecule has 98 valence electrons. The van der Waals surface area contributed by atoms with Crippen LogP contribution < -0.4 is 5.56 Å². The maximum absolute atomic E-state index is 13.0. The van der Waals surface area contributed by atoms with Gasteiger partial charge in [-0.3, -0.25) is 9.59 Å². The zero-order valence-corrected chi connectivity index (χ0v) is 11.0. The Kier molecular flexibility index (Phi) is 3.97. The van der Waals surface area contributed by atoms with Gasteiger partial charge in [0.15, 0.2) is 5.78 Å². The number of ketones is 1. The van der Waals surface area contributed by atoms with Crippen molar-refractivity contribution in [3.05, 3.63) is 62.2 Å². The normalized spacial score (nSPS) is 10.5. The highest BCUT2D eigenvalue weighted by atomic mass is 35.5. The Morgan fingerprint density at radius 2 is 2.11 bits per heavy atom. The molecule has 0 aliphatic heterocycles. The first-order valence-electron chi connectivity index (χ1n) is 5.19. The predicted molar refractivity (Wildman–Crippen MR) is 69.2 cm³/mol. The fraction of sp³-hybridized carbons (Fsp3) is 0.0833. The van der Waals surface area contributed by atoms with Crippen LogP contribution in [0.15, 0.2) is 35.3 Å². The summed E-state index contributed by atoms with van der Waals surface area (Å²) in [5, 5.41) is 3.51. The van der Waals surface area contributed by atoms with E-state index in [1.54, 1.807) is 0 Å². The number of aromatic nitrogens is 2. The largest absolute Gasteiger partial charge is 0.292 e. The van der Waals surface area contributed by atoms with E-state index in [2.05, 4.69) is 5.10 Å². The van der Waals surface area contributed by atoms with E-state index in [1.165, 1.54) is 24.4 Å². The van der Waals surface area contributed by atoms with Crippen molar-refractivity contribution in [1.29, 1.82) is 0 Å². The molecule has 0 spiro atoms. The summed E-state index contributed by atoms with van der Waals surface area (Å²) in [6.07, 6.45) is 1.17. The van der Waals surface area contributed by atoms with Gasteiger partial charge in [-0.15, -0.1) is 0 Å². The first-order valence-corrected chi connectivity index (χ1v) is 5.94. The number of Topliss-reactive ketones (excluding diaryl/α,β-unsaturated/α-hetero) is 1. The summed E-state index contributed by atoms with van der Waals surface area (Å²) in [5.41, 5.74) is -0.515. The third-order valence-corrected chi connectivity index (χ3v) is 3.13. The van der Waals surface area contributed by atoms with Crippen LogP contribution in [0, 0.1) is 5.82 Å². The minimum absolute atomic E-state index is 0.0149. The summed E-state index contributed by atoms with van der Waals surface area (Å²) in [6.45, 7) is -0.334. The molecule has 1 aromatic heterocycles. The second-order valence-corrected chi connectivity index (χ2v) is 4.49. The number of carbonyl (C=O) groups excluding carboxylic acids is 1. The van der Waals surface area contributed by atoms with Gasteiger partial charge in [0, 0.05) is 5.56 Å². The molecule has 4 nitrogen and oxygen atoms in total. The van der Waals surface area contributed by atoms with E-state index < -0.39 is 17.2 Å². The van der Waals surface area contributed by atoms with Crippen LogP contribution in [0.1, 0.15) is 10.4 Å². The van der Waals surface area contributed by atoms with E-state index >= 15 is 0 Å². The van der Waals surface area contributed by atoms with E-state index in [0.717, 1.165) is 10.7 Å². The molecule has 0 N–H and O–H groups in total. The van der Waals surface area contributed by atoms with Crippen molar-refractivity contribution >= 4 is 29.0 Å². The van der Waals surface area contributed by atoms with Crippen molar-refractivity contribution in [3.8, 4) is 0 Å². The molecule has 7 heteroatoms. The molecule has 2 rings (SSSR count). The van der Waals surface area contributed by atoms with E-state index in [0.29, 0.717) is 0 Å². The molecule has 0 atom stereocenters. The summed E-state index contributed by atoms with van der Waals surface area (Å²) in [5.74, 6) is -0.979. The minimum Gasteiger partial charge on any atom is -0.292 e. The van der Waals surface area contributed by atoms with Crippen molar-refractivity contribution < 1.29 is 9.18 Å². The Hall–Kier alpha value is -1.72. The third-order valence-electron chi connectivity index (χ3n) is 2.38. The fourth-order valence-electron chi connectivity index (χ4n) is 1.45. The molecule has 0 saturated carbocycles. The molecule has 0 amide bonds. The molecule has 0 radical (unpaired) electrons. The van der Waals surface area contributed by atoms with Crippen molar-refractivity contribution in [2.45, 2.75) is 6.54 Å². The molecular weight excluding hydrogens is 294 g/mol. The van der Waals surface area contributed by atoms with Gasteiger partial charge in [-0.2, -0.15) is 5.10 Å². The van der Waals surface area contributed by atoms with Gasteiger partial charge in [-0.1, -0.05) is 35.3 Å². The quantitative estimate of drug-likeness (QED) is 0.819. The van der Waals surface area contributed by atoms with Crippen LogP contribution in [0.3, 0.4) is 0 Å². The van der Waals surface area contributed by atoms with Gasteiger partial charge < -0.3 is 0 Å². The predicted octanol–water partition coefficient (Wildman–Crippen LogP) is 2.57. The molecular formula is C12H7Cl2FN2O2. The average molecular weight is 301 g/mol. The van der Waals surface area contributed by atoms with Crippen molar-refractivity contribution in [2.75, 3.05) is 0 Å². The highest BCUT2D eigenvalue weighted by molar-refractivity contribution is 6.41. The molecule has 19 heavy (non-hydrogen) atoms. The standard InChI is InChI=1S/C12H7Cl2FN2O2/c13-9-5-16-17(12(19)11(9)14)6-10(18)7-2-1-3-8(15)4-7/h1-5H,6H2. The lowest BCUT2D eigenvalue weighted by atomic mass is 10.1. The number of carbonyl (C=O) groups is 1. The molecule has 0 bridgehead atoms. The topological polar surface area (TPSA) is 52.0 Å². The summed E-state index contributed by atoms with van der Waals surface area (Å²) < 4.78 is 13.9. The Morgan fingerprint density at radius 1 is 1.37 bits per heavy atom. The monoisotopic (exact) mass is 300 g/mol. The molecule has 0 fully saturated rings. The number of hydrogen-bond acceptors (Lipinski definition) is 3. The summed E-state index contributed by atoms with van der Waals surface area (Å²) in [7, 11) is 0. The molecule has 0 saturated heterocycles. The minimum atomic E-state index is -0.668. The van der Waals surface area contributed by atoms with Crippen LogP contribution in [-0.4, -0.2) is 15.6 Å². The van der Waals surface area contributed by atoms with Crippen LogP contribution in [0.4, 0.5) is 4.39 Å². The van der Waals surface area contributed by atoms with Gasteiger partial charge in [0.05, 0.1) is 11.2 Å². The Bertz CT molecular complexity index is 700. The second kappa shape index (κ2) is 5.50. The van der Waals surface area contributed by atoms with E-state index in [1.807, 2.05) is 0 Å². The lowest BCUT2D eigenvalue weighted by Gasteiger charge is -2.05. The van der Waals surface area contributed by atoms with Crippen molar-refractivity contribution in [1.82, 2.24) is 9.78 Å². The Labute approximate surface area is 117 Å². The number of halogens is 3. The average Bonchev–Trinajstić information content (AvgIpc) is 2.39. The molecule has 0 unspecified atom stereocenters. The molecule has 1 aromatic carbocycles. The van der Waals surface area contributed by atoms with E-state index in [-0.39, 0.29) is 22.2 Å². The van der Waals surface area contributed by atoms with Crippen LogP contribution in [0.25, 0.3) is 0 Å². The van der Waals surface area contributed by atoms with Crippen molar-refractivity contribution in [2.24, 2.45) is 0 Å². The van der Waals surface area contributed by atoms with Gasteiger partial charge in [0.25, 0.3) is 5.56 Å². The van der Waals surface area contributed by atoms with Gasteiger partial charge >= 0.3 is 0 Å². The van der Waals surface area contributed by atoms with Crippen LogP contribution in [0.5, 0.6) is 0 Å². The van der Waals surface area contributed by atoms with Crippen molar-refractivity contribution in [3.63, 3.8) is 0 Å². The van der Waals surface area contributed by atoms with Gasteiger partial charge in [-0.05, 0) is 12.1 Å². The van der Waals surface area contributed by atoms with E-state index in [9.17, 15) is 14.0 Å². The highest BCUT2D eigenvalue weighted by Crippen LogP contribution is 2.14. The SMILES string of the molecule is O=C(Cn1ncc(Cl)c(Cl)c1=O)c1cccc(F)c1. The number of nitrogens with zero attached hydrogens (tertiary/aromatic N) is 2. The van der Waals surface area contributed by atoms with Gasteiger partial charge in [-0.25, -0.2) is 9.07 Å². The molecule has 1 heterocycles. The van der Waals surface area contributed by atoms with Crippen LogP contribution >= 0.6 is 23.2 Å². The summed E-state index contributed by atoms with van der Waals surface area (Å²) in [6, 6.07) is 5.17. The second-order valence-electron chi connectivity index (χ2n) is 3.70. The maximum atomic E-state index is 13.0. The van der Waals surface area contributed by atoms with Gasteiger partial charge in [0.2, 0.25) is 0 Å². The lowest BCUT2D eigenvalue weighted by Crippen LogP contribution is -2.27. The number of benzene rings is 1. The first kappa shape index (κ1) is 13.7. The van der Waals surface area contributed by atoms with Crippen LogP contribution in [0.2, 0.25) is 10.0 Å². The molecule has 0 aliphatic carbocycles. The Balaban J connectivity index is 2.30. The highest BCUT2D eigenvalue weighted by Gasteiger charge is 2.12. The van der Waals surface area contributed by atoms with Gasteiger partial charge in [0.1, 0.15) is 17.4 Å². The Morgan fingerprint density at radius 3 is 2.79 bits per heavy atom. The molecule has 0 aliphatic rings. The summed E-state index contributed by atoms with van der Waals surface area (Å²) >= 11 is 11.3. The smallest absolute Gasteiger partial charge is 0.287 e. The zero-order valence-electron chi connectivity index (χ0n) is 9.44. The number of rotatable bonds is 3. The first-order chi connectivity index (χ1) is 8.99. The fourth-order valence-corrected chi connectivity index (χ4v) is 1.72. The maximum Gasteiger partial charge on any atom is 0.287 e. The molecule has 2 aromatic rings. The third kappa shape index (κ3) is 3.00. The van der Waals surface area contributed by atoms with Crippen LogP contribution in [-0.2, 0) is 6.54 Å². The summed E-state index contributed by atoms with van der Waals surface area (Å²) in [4.78, 5) is 23.6. The number of hydrogen-bond donors (Lipinski definition) is 0.